The fraction of sp³-hybridized carbons (Fsp3) is 0.389. The highest BCUT2D eigenvalue weighted by Gasteiger charge is 2.19. The van der Waals surface area contributed by atoms with E-state index in [1.807, 2.05) is 6.92 Å². The third kappa shape index (κ3) is 6.63. The van der Waals surface area contributed by atoms with Crippen LogP contribution in [0, 0.1) is 0 Å². The average molecular weight is 376 g/mol. The van der Waals surface area contributed by atoms with Crippen LogP contribution < -0.4 is 15.4 Å². The van der Waals surface area contributed by atoms with Crippen molar-refractivity contribution in [1.82, 2.24) is 10.1 Å². The number of hydrogen-bond acceptors (Lipinski definition) is 6. The van der Waals surface area contributed by atoms with Gasteiger partial charge in [-0.25, -0.2) is 4.79 Å². The molecule has 146 valence electrons. The first-order valence-electron chi connectivity index (χ1n) is 8.61. The highest BCUT2D eigenvalue weighted by Crippen LogP contribution is 2.23. The molecule has 27 heavy (non-hydrogen) atoms. The van der Waals surface area contributed by atoms with Crippen molar-refractivity contribution >= 4 is 23.4 Å². The number of rotatable bonds is 10. The molecule has 0 atom stereocenters. The fourth-order valence-electron chi connectivity index (χ4n) is 2.33. The first-order chi connectivity index (χ1) is 13.1. The molecule has 0 saturated carbocycles. The number of carbonyl (C=O) groups is 2. The maximum absolute atomic E-state index is 12.7. The third-order valence-electron chi connectivity index (χ3n) is 3.60. The van der Waals surface area contributed by atoms with E-state index < -0.39 is 6.03 Å². The van der Waals surface area contributed by atoms with Gasteiger partial charge in [0, 0.05) is 25.8 Å². The van der Waals surface area contributed by atoms with E-state index >= 15 is 0 Å². The van der Waals surface area contributed by atoms with Crippen LogP contribution in [0.5, 0.6) is 5.75 Å². The van der Waals surface area contributed by atoms with Crippen LogP contribution in [0.3, 0.4) is 0 Å². The van der Waals surface area contributed by atoms with Crippen LogP contribution in [0.15, 0.2) is 41.1 Å². The van der Waals surface area contributed by atoms with Crippen molar-refractivity contribution in [1.29, 1.82) is 0 Å². The van der Waals surface area contributed by atoms with Gasteiger partial charge in [0.05, 0.1) is 12.8 Å². The first-order valence-corrected chi connectivity index (χ1v) is 8.61. The molecule has 0 aliphatic rings. The van der Waals surface area contributed by atoms with Crippen LogP contribution in [0.2, 0.25) is 0 Å². The summed E-state index contributed by atoms with van der Waals surface area (Å²) in [5.41, 5.74) is 0.525. The predicted molar refractivity (Wildman–Crippen MR) is 99.8 cm³/mol. The Kier molecular flexibility index (Phi) is 8.11. The van der Waals surface area contributed by atoms with E-state index in [2.05, 4.69) is 20.3 Å². The Morgan fingerprint density at radius 1 is 1.22 bits per heavy atom. The van der Waals surface area contributed by atoms with Crippen LogP contribution in [0.4, 0.5) is 16.3 Å². The maximum Gasteiger partial charge on any atom is 0.322 e. The lowest BCUT2D eigenvalue weighted by molar-refractivity contribution is -0.116. The number of nitrogens with zero attached hydrogens (tertiary/aromatic N) is 2. The molecule has 0 spiro atoms. The number of hydrogen-bond donors (Lipinski definition) is 2. The van der Waals surface area contributed by atoms with Crippen molar-refractivity contribution in [3.05, 3.63) is 36.6 Å². The standard InChI is InChI=1S/C18H24N4O5/c1-3-26-11-6-10-22(13-17(23)20-16-9-12-27-21-16)18(24)19-14-7-4-5-8-15(14)25-2/h4-5,7-9,12H,3,6,10-11,13H2,1-2H3,(H,19,24)(H,20,21,23). The number of anilines is 2. The maximum atomic E-state index is 12.7. The molecular formula is C18H24N4O5. The predicted octanol–water partition coefficient (Wildman–Crippen LogP) is 2.58. The Morgan fingerprint density at radius 3 is 2.74 bits per heavy atom. The van der Waals surface area contributed by atoms with Crippen LogP contribution in [0.25, 0.3) is 0 Å². The van der Waals surface area contributed by atoms with Crippen LogP contribution in [0.1, 0.15) is 13.3 Å². The van der Waals surface area contributed by atoms with E-state index in [1.165, 1.54) is 24.3 Å². The summed E-state index contributed by atoms with van der Waals surface area (Å²) >= 11 is 0. The Hall–Kier alpha value is -3.07. The molecule has 3 amide bonds. The second-order valence-corrected chi connectivity index (χ2v) is 5.54. The summed E-state index contributed by atoms with van der Waals surface area (Å²) in [6.45, 7) is 3.21. The Morgan fingerprint density at radius 2 is 2.04 bits per heavy atom. The van der Waals surface area contributed by atoms with Crippen molar-refractivity contribution in [2.75, 3.05) is 44.0 Å². The number of ether oxygens (including phenoxy) is 2. The third-order valence-corrected chi connectivity index (χ3v) is 3.60. The summed E-state index contributed by atoms with van der Waals surface area (Å²) < 4.78 is 15.2. The fourth-order valence-corrected chi connectivity index (χ4v) is 2.33. The van der Waals surface area contributed by atoms with Gasteiger partial charge in [-0.2, -0.15) is 0 Å². The number of carbonyl (C=O) groups excluding carboxylic acids is 2. The van der Waals surface area contributed by atoms with Crippen molar-refractivity contribution in [2.24, 2.45) is 0 Å². The van der Waals surface area contributed by atoms with Crippen LogP contribution in [-0.2, 0) is 9.53 Å². The Balaban J connectivity index is 2.00. The van der Waals surface area contributed by atoms with Crippen LogP contribution in [-0.4, -0.2) is 55.4 Å². The van der Waals surface area contributed by atoms with Gasteiger partial charge in [0.1, 0.15) is 18.6 Å². The van der Waals surface area contributed by atoms with Crippen molar-refractivity contribution in [3.8, 4) is 5.75 Å². The minimum absolute atomic E-state index is 0.139. The Labute approximate surface area is 157 Å². The van der Waals surface area contributed by atoms with Crippen molar-refractivity contribution in [3.63, 3.8) is 0 Å². The molecule has 0 radical (unpaired) electrons. The molecule has 0 unspecified atom stereocenters. The largest absolute Gasteiger partial charge is 0.495 e. The molecular weight excluding hydrogens is 352 g/mol. The molecule has 0 aliphatic carbocycles. The zero-order valence-electron chi connectivity index (χ0n) is 15.4. The van der Waals surface area contributed by atoms with Gasteiger partial charge in [0.2, 0.25) is 5.91 Å². The number of benzene rings is 1. The molecule has 2 N–H and O–H groups in total. The van der Waals surface area contributed by atoms with Crippen molar-refractivity contribution < 1.29 is 23.6 Å². The number of urea groups is 1. The molecule has 1 heterocycles. The summed E-state index contributed by atoms with van der Waals surface area (Å²) in [5.74, 6) is 0.446. The van der Waals surface area contributed by atoms with E-state index in [9.17, 15) is 9.59 Å². The number of nitrogens with one attached hydrogen (secondary N) is 2. The van der Waals surface area contributed by atoms with E-state index in [0.29, 0.717) is 43.4 Å². The van der Waals surface area contributed by atoms with E-state index in [4.69, 9.17) is 9.47 Å². The second kappa shape index (κ2) is 10.8. The average Bonchev–Trinajstić information content (AvgIpc) is 3.17. The first kappa shape index (κ1) is 20.2. The monoisotopic (exact) mass is 376 g/mol. The second-order valence-electron chi connectivity index (χ2n) is 5.54. The minimum Gasteiger partial charge on any atom is -0.495 e. The van der Waals surface area contributed by atoms with Gasteiger partial charge in [-0.05, 0) is 25.5 Å². The highest BCUT2D eigenvalue weighted by atomic mass is 16.5. The van der Waals surface area contributed by atoms with Crippen molar-refractivity contribution in [2.45, 2.75) is 13.3 Å². The van der Waals surface area contributed by atoms with E-state index in [-0.39, 0.29) is 12.5 Å². The van der Waals surface area contributed by atoms with Gasteiger partial charge in [-0.3, -0.25) is 4.79 Å². The zero-order valence-corrected chi connectivity index (χ0v) is 15.4. The number of para-hydroxylation sites is 2. The van der Waals surface area contributed by atoms with E-state index in [0.717, 1.165) is 0 Å². The number of amides is 3. The molecule has 0 saturated heterocycles. The normalized spacial score (nSPS) is 10.3. The lowest BCUT2D eigenvalue weighted by atomic mass is 10.3. The van der Waals surface area contributed by atoms with Gasteiger partial charge in [-0.15, -0.1) is 0 Å². The van der Waals surface area contributed by atoms with Gasteiger partial charge in [0.15, 0.2) is 5.82 Å². The molecule has 1 aromatic heterocycles. The topological polar surface area (TPSA) is 106 Å². The summed E-state index contributed by atoms with van der Waals surface area (Å²) in [6, 6.07) is 8.17. The summed E-state index contributed by atoms with van der Waals surface area (Å²) in [6.07, 6.45) is 1.95. The van der Waals surface area contributed by atoms with Crippen LogP contribution >= 0.6 is 0 Å². The molecule has 0 aliphatic heterocycles. The summed E-state index contributed by atoms with van der Waals surface area (Å²) in [7, 11) is 1.52. The lowest BCUT2D eigenvalue weighted by Gasteiger charge is -2.23. The summed E-state index contributed by atoms with van der Waals surface area (Å²) in [4.78, 5) is 26.3. The number of aromatic nitrogens is 1. The SMILES string of the molecule is CCOCCCN(CC(=O)Nc1ccon1)C(=O)Nc1ccccc1OC. The van der Waals surface area contributed by atoms with Gasteiger partial charge in [-0.1, -0.05) is 17.3 Å². The van der Waals surface area contributed by atoms with Gasteiger partial charge in [0.25, 0.3) is 0 Å². The molecule has 0 bridgehead atoms. The molecule has 2 aromatic rings. The molecule has 2 rings (SSSR count). The summed E-state index contributed by atoms with van der Waals surface area (Å²) in [5, 5.41) is 8.97. The smallest absolute Gasteiger partial charge is 0.322 e. The lowest BCUT2D eigenvalue weighted by Crippen LogP contribution is -2.41. The quantitative estimate of drug-likeness (QED) is 0.618. The van der Waals surface area contributed by atoms with Gasteiger partial charge >= 0.3 is 6.03 Å². The Bertz CT molecular complexity index is 720. The van der Waals surface area contributed by atoms with Gasteiger partial charge < -0.3 is 29.5 Å². The molecule has 9 heteroatoms. The molecule has 9 nitrogen and oxygen atoms in total. The highest BCUT2D eigenvalue weighted by molar-refractivity contribution is 5.97. The number of methoxy groups -OCH3 is 1. The zero-order chi connectivity index (χ0) is 19.5. The van der Waals surface area contributed by atoms with E-state index in [1.54, 1.807) is 24.3 Å². The molecule has 1 aromatic carbocycles. The minimum atomic E-state index is -0.411. The molecule has 0 fully saturated rings.